The smallest absolute Gasteiger partial charge is 0.239 e. The molecule has 3 unspecified atom stereocenters. The predicted octanol–water partition coefficient (Wildman–Crippen LogP) is -0.0810. The molecule has 0 saturated carbocycles. The molecule has 0 aromatic carbocycles. The van der Waals surface area contributed by atoms with Crippen LogP contribution in [-0.2, 0) is 19.1 Å². The van der Waals surface area contributed by atoms with E-state index in [2.05, 4.69) is 10.2 Å². The van der Waals surface area contributed by atoms with Crippen molar-refractivity contribution in [3.8, 4) is 0 Å². The molecule has 0 bridgehead atoms. The highest BCUT2D eigenvalue weighted by molar-refractivity contribution is 5.86. The Morgan fingerprint density at radius 2 is 1.31 bits per heavy atom. The minimum absolute atomic E-state index is 0.152. The Morgan fingerprint density at radius 3 is 1.78 bits per heavy atom. The summed E-state index contributed by atoms with van der Waals surface area (Å²) in [5.41, 5.74) is 5.48. The number of unbranched alkanes of at least 4 members (excludes halogenated alkanes) is 3. The molecule has 214 valence electrons. The highest BCUT2D eigenvalue weighted by Crippen LogP contribution is 2.09. The molecule has 0 heterocycles. The molecule has 2 amide bonds. The number of primary amides is 1. The van der Waals surface area contributed by atoms with Gasteiger partial charge in [0.25, 0.3) is 0 Å². The molecule has 0 aliphatic carbocycles. The van der Waals surface area contributed by atoms with Crippen LogP contribution in [0.3, 0.4) is 0 Å². The molecule has 0 aliphatic rings. The Morgan fingerprint density at radius 1 is 0.806 bits per heavy atom. The van der Waals surface area contributed by atoms with E-state index >= 15 is 0 Å². The van der Waals surface area contributed by atoms with Gasteiger partial charge in [0.1, 0.15) is 6.04 Å². The highest BCUT2D eigenvalue weighted by atomic mass is 16.5. The van der Waals surface area contributed by atoms with Gasteiger partial charge in [0, 0.05) is 13.0 Å². The number of ether oxygens (including phenoxy) is 2. The quantitative estimate of drug-likeness (QED) is 0.0850. The molecule has 36 heavy (non-hydrogen) atoms. The number of nitrogens with zero attached hydrogens (tertiary/aromatic N) is 1. The fourth-order valence-corrected chi connectivity index (χ4v) is 3.71. The predicted molar refractivity (Wildman–Crippen MR) is 137 cm³/mol. The number of aliphatic hydroxyl groups is 4. The molecule has 0 fully saturated rings. The van der Waals surface area contributed by atoms with E-state index in [9.17, 15) is 19.8 Å². The number of hydrogen-bond acceptors (Lipinski definition) is 9. The zero-order valence-electron chi connectivity index (χ0n) is 22.1. The summed E-state index contributed by atoms with van der Waals surface area (Å²) in [7, 11) is 0. The van der Waals surface area contributed by atoms with Crippen LogP contribution in [0.4, 0.5) is 0 Å². The summed E-state index contributed by atoms with van der Waals surface area (Å²) < 4.78 is 10.5. The van der Waals surface area contributed by atoms with Crippen LogP contribution in [0, 0.1) is 0 Å². The van der Waals surface area contributed by atoms with Gasteiger partial charge in [-0.15, -0.1) is 0 Å². The number of hydrogen-bond donors (Lipinski definition) is 6. The molecular weight excluding hydrogens is 470 g/mol. The first kappa shape index (κ1) is 34.7. The Hall–Kier alpha value is -1.34. The molecule has 0 saturated heterocycles. The molecule has 0 aliphatic heterocycles. The second-order valence-electron chi connectivity index (χ2n) is 9.08. The summed E-state index contributed by atoms with van der Waals surface area (Å²) in [6.07, 6.45) is 5.34. The molecule has 0 rings (SSSR count). The van der Waals surface area contributed by atoms with Gasteiger partial charge in [0.05, 0.1) is 45.2 Å². The Balaban J connectivity index is 4.36. The monoisotopic (exact) mass is 521 g/mol. The van der Waals surface area contributed by atoms with E-state index < -0.39 is 24.2 Å². The van der Waals surface area contributed by atoms with Crippen molar-refractivity contribution in [2.45, 2.75) is 89.4 Å². The van der Waals surface area contributed by atoms with Gasteiger partial charge < -0.3 is 45.9 Å². The Kier molecular flexibility index (Phi) is 23.1. The van der Waals surface area contributed by atoms with Crippen LogP contribution < -0.4 is 11.1 Å². The van der Waals surface area contributed by atoms with Crippen molar-refractivity contribution in [2.75, 3.05) is 59.3 Å². The maximum Gasteiger partial charge on any atom is 0.239 e. The van der Waals surface area contributed by atoms with Gasteiger partial charge in [0.15, 0.2) is 0 Å². The maximum absolute atomic E-state index is 12.1. The van der Waals surface area contributed by atoms with E-state index in [1.807, 2.05) is 6.92 Å². The minimum Gasteiger partial charge on any atom is -0.394 e. The lowest BCUT2D eigenvalue weighted by atomic mass is 10.1. The fourth-order valence-electron chi connectivity index (χ4n) is 3.71. The van der Waals surface area contributed by atoms with Gasteiger partial charge in [-0.2, -0.15) is 0 Å². The third kappa shape index (κ3) is 20.8. The van der Waals surface area contributed by atoms with E-state index in [0.29, 0.717) is 39.1 Å². The second kappa shape index (κ2) is 24.0. The van der Waals surface area contributed by atoms with Crippen LogP contribution in [0.2, 0.25) is 0 Å². The van der Waals surface area contributed by atoms with Crippen molar-refractivity contribution in [1.82, 2.24) is 10.2 Å². The Bertz CT molecular complexity index is 523. The topological polar surface area (TPSA) is 175 Å². The molecule has 0 aromatic rings. The fraction of sp³-hybridized carbons (Fsp3) is 0.920. The van der Waals surface area contributed by atoms with Gasteiger partial charge in [-0.3, -0.25) is 9.59 Å². The molecule has 0 aromatic heterocycles. The number of nitrogens with two attached hydrogens (primary N) is 1. The zero-order chi connectivity index (χ0) is 27.0. The van der Waals surface area contributed by atoms with Crippen molar-refractivity contribution in [3.63, 3.8) is 0 Å². The molecule has 11 nitrogen and oxygen atoms in total. The molecule has 3 atom stereocenters. The van der Waals surface area contributed by atoms with Crippen LogP contribution in [0.5, 0.6) is 0 Å². The third-order valence-corrected chi connectivity index (χ3v) is 5.89. The summed E-state index contributed by atoms with van der Waals surface area (Å²) in [6, 6.07) is -0.714. The van der Waals surface area contributed by atoms with E-state index in [4.69, 9.17) is 25.4 Å². The van der Waals surface area contributed by atoms with Crippen molar-refractivity contribution in [1.29, 1.82) is 0 Å². The largest absolute Gasteiger partial charge is 0.394 e. The van der Waals surface area contributed by atoms with Gasteiger partial charge in [-0.05, 0) is 84.3 Å². The van der Waals surface area contributed by atoms with E-state index in [1.54, 1.807) is 0 Å². The maximum atomic E-state index is 12.1. The molecule has 7 N–H and O–H groups in total. The average Bonchev–Trinajstić information content (AvgIpc) is 2.86. The zero-order valence-corrected chi connectivity index (χ0v) is 22.1. The average molecular weight is 522 g/mol. The number of nitrogens with one attached hydrogen (secondary N) is 1. The lowest BCUT2D eigenvalue weighted by Gasteiger charge is -2.23. The van der Waals surface area contributed by atoms with E-state index in [-0.39, 0.29) is 32.1 Å². The van der Waals surface area contributed by atoms with Crippen LogP contribution in [0.1, 0.15) is 71.1 Å². The first-order valence-corrected chi connectivity index (χ1v) is 13.4. The lowest BCUT2D eigenvalue weighted by Crippen LogP contribution is -2.44. The first-order valence-electron chi connectivity index (χ1n) is 13.4. The summed E-state index contributed by atoms with van der Waals surface area (Å²) in [4.78, 5) is 26.2. The summed E-state index contributed by atoms with van der Waals surface area (Å²) in [5.74, 6) is -0.825. The number of rotatable bonds is 26. The molecule has 11 heteroatoms. The number of aliphatic hydroxyl groups excluding tert-OH is 4. The number of amides is 2. The van der Waals surface area contributed by atoms with Crippen molar-refractivity contribution < 1.29 is 39.5 Å². The first-order chi connectivity index (χ1) is 17.3. The van der Waals surface area contributed by atoms with Crippen LogP contribution >= 0.6 is 0 Å². The molecular formula is C25H51N3O8. The Labute approximate surface area is 216 Å². The summed E-state index contributed by atoms with van der Waals surface area (Å²) in [5, 5.41) is 39.6. The van der Waals surface area contributed by atoms with Crippen molar-refractivity contribution in [2.24, 2.45) is 5.73 Å². The molecule has 0 spiro atoms. The third-order valence-electron chi connectivity index (χ3n) is 5.89. The van der Waals surface area contributed by atoms with Crippen LogP contribution in [-0.4, -0.2) is 115 Å². The number of carbonyl (C=O) groups excluding carboxylic acids is 2. The van der Waals surface area contributed by atoms with Crippen molar-refractivity contribution >= 4 is 11.8 Å². The van der Waals surface area contributed by atoms with E-state index in [1.165, 1.54) is 0 Å². The number of carbonyl (C=O) groups is 2. The standard InChI is InChI=1S/C25H51N3O8/c1-2-35-17-18-36-16-12-24(33)27-23(25(26)34)11-5-8-15-28(13-6-3-9-21(31)19-29)14-7-4-10-22(32)20-30/h21-23,29-32H,2-20H2,1H3,(H2,26,34)(H,27,33). The SMILES string of the molecule is CCOCCOCCC(=O)NC(CCCCN(CCCCC(O)CO)CCCCC(O)CO)C(N)=O. The van der Waals surface area contributed by atoms with Gasteiger partial charge >= 0.3 is 0 Å². The van der Waals surface area contributed by atoms with Gasteiger partial charge in [-0.25, -0.2) is 0 Å². The summed E-state index contributed by atoms with van der Waals surface area (Å²) >= 11 is 0. The van der Waals surface area contributed by atoms with Gasteiger partial charge in [-0.1, -0.05) is 0 Å². The van der Waals surface area contributed by atoms with Gasteiger partial charge in [0.2, 0.25) is 11.8 Å². The van der Waals surface area contributed by atoms with E-state index in [0.717, 1.165) is 58.2 Å². The second-order valence-corrected chi connectivity index (χ2v) is 9.08. The van der Waals surface area contributed by atoms with Crippen molar-refractivity contribution in [3.05, 3.63) is 0 Å². The summed E-state index contributed by atoms with van der Waals surface area (Å²) in [6.45, 7) is 5.72. The minimum atomic E-state index is -0.714. The lowest BCUT2D eigenvalue weighted by molar-refractivity contribution is -0.128. The molecule has 0 radical (unpaired) electrons. The highest BCUT2D eigenvalue weighted by Gasteiger charge is 2.18. The van der Waals surface area contributed by atoms with Crippen LogP contribution in [0.25, 0.3) is 0 Å². The van der Waals surface area contributed by atoms with Crippen LogP contribution in [0.15, 0.2) is 0 Å². The normalized spacial score (nSPS) is 14.1.